The molecule has 0 unspecified atom stereocenters. The highest BCUT2D eigenvalue weighted by Crippen LogP contribution is 2.36. The molecular formula is C20H17F4N5O4S. The lowest BCUT2D eigenvalue weighted by molar-refractivity contribution is 0.1000. The normalized spacial score (nSPS) is 11.2. The first kappa shape index (κ1) is 24.7. The number of benzene rings is 2. The fraction of sp³-hybridized carbons (Fsp3) is 0.100. The zero-order chi connectivity index (χ0) is 25.2. The van der Waals surface area contributed by atoms with Gasteiger partial charge in [0.1, 0.15) is 5.82 Å². The maximum atomic E-state index is 14.9. The summed E-state index contributed by atoms with van der Waals surface area (Å²) in [5.41, 5.74) is 4.17. The van der Waals surface area contributed by atoms with Crippen molar-refractivity contribution in [3.63, 3.8) is 0 Å². The molecule has 0 aliphatic heterocycles. The number of carbonyl (C=O) groups excluding carboxylic acids is 1. The van der Waals surface area contributed by atoms with Crippen molar-refractivity contribution in [1.29, 1.82) is 0 Å². The van der Waals surface area contributed by atoms with Crippen LogP contribution < -0.4 is 25.2 Å². The Morgan fingerprint density at radius 3 is 2.35 bits per heavy atom. The van der Waals surface area contributed by atoms with Crippen LogP contribution in [0.5, 0.6) is 11.5 Å². The van der Waals surface area contributed by atoms with E-state index in [4.69, 9.17) is 10.5 Å². The molecule has 0 aliphatic carbocycles. The van der Waals surface area contributed by atoms with Crippen molar-refractivity contribution >= 4 is 33.3 Å². The highest BCUT2D eigenvalue weighted by atomic mass is 32.2. The van der Waals surface area contributed by atoms with Gasteiger partial charge in [0, 0.05) is 19.3 Å². The van der Waals surface area contributed by atoms with Crippen molar-refractivity contribution in [1.82, 2.24) is 9.71 Å². The fourth-order valence-electron chi connectivity index (χ4n) is 2.72. The number of nitrogens with two attached hydrogens (primary N) is 1. The predicted octanol–water partition coefficient (Wildman–Crippen LogP) is 3.46. The minimum absolute atomic E-state index is 0.262. The second kappa shape index (κ2) is 9.52. The van der Waals surface area contributed by atoms with Crippen molar-refractivity contribution in [3.05, 3.63) is 70.9 Å². The summed E-state index contributed by atoms with van der Waals surface area (Å²) in [5.74, 6) is -9.19. The number of hydrogen-bond donors (Lipinski definition) is 4. The van der Waals surface area contributed by atoms with Gasteiger partial charge < -0.3 is 15.8 Å². The van der Waals surface area contributed by atoms with Gasteiger partial charge in [-0.15, -0.1) is 0 Å². The molecule has 14 heteroatoms. The van der Waals surface area contributed by atoms with E-state index in [0.717, 1.165) is 25.4 Å². The Morgan fingerprint density at radius 1 is 1.03 bits per heavy atom. The maximum absolute atomic E-state index is 14.9. The number of pyridine rings is 1. The smallest absolute Gasteiger partial charge is 0.300 e. The minimum Gasteiger partial charge on any atom is -0.451 e. The number of nitrogens with zero attached hydrogens (tertiary/aromatic N) is 1. The lowest BCUT2D eigenvalue weighted by atomic mass is 10.1. The van der Waals surface area contributed by atoms with Crippen LogP contribution in [0.25, 0.3) is 0 Å². The van der Waals surface area contributed by atoms with Crippen LogP contribution in [0.1, 0.15) is 15.9 Å². The van der Waals surface area contributed by atoms with E-state index in [9.17, 15) is 30.8 Å². The van der Waals surface area contributed by atoms with Crippen molar-refractivity contribution in [2.45, 2.75) is 6.92 Å². The van der Waals surface area contributed by atoms with Gasteiger partial charge in [0.25, 0.3) is 16.1 Å². The van der Waals surface area contributed by atoms with Crippen molar-refractivity contribution < 1.29 is 35.5 Å². The zero-order valence-electron chi connectivity index (χ0n) is 17.5. The Morgan fingerprint density at radius 2 is 1.74 bits per heavy atom. The number of aryl methyl sites for hydroxylation is 1. The molecule has 0 aliphatic rings. The van der Waals surface area contributed by atoms with E-state index >= 15 is 0 Å². The molecule has 180 valence electrons. The SMILES string of the molecule is CNS(=O)(=O)Nc1nccc(Oc2cc(C(N)=O)c(Nc3ccc(C)cc3F)c(F)c2F)c1F. The minimum atomic E-state index is -4.15. The van der Waals surface area contributed by atoms with Gasteiger partial charge in [-0.05, 0) is 30.7 Å². The molecule has 0 atom stereocenters. The summed E-state index contributed by atoms with van der Waals surface area (Å²) in [6.07, 6.45) is 0.936. The average Bonchev–Trinajstić information content (AvgIpc) is 2.77. The van der Waals surface area contributed by atoms with Crippen LogP contribution in [0.3, 0.4) is 0 Å². The van der Waals surface area contributed by atoms with Crippen molar-refractivity contribution in [2.75, 3.05) is 17.1 Å². The lowest BCUT2D eigenvalue weighted by Crippen LogP contribution is -2.27. The van der Waals surface area contributed by atoms with Gasteiger partial charge in [0.15, 0.2) is 23.1 Å². The molecule has 0 radical (unpaired) electrons. The molecule has 0 fully saturated rings. The molecule has 0 spiro atoms. The van der Waals surface area contributed by atoms with Gasteiger partial charge >= 0.3 is 0 Å². The fourth-order valence-corrected chi connectivity index (χ4v) is 3.22. The number of ether oxygens (including phenoxy) is 1. The summed E-state index contributed by atoms with van der Waals surface area (Å²) in [7, 11) is -3.09. The molecule has 0 bridgehead atoms. The number of anilines is 3. The third-order valence-corrected chi connectivity index (χ3v) is 5.40. The van der Waals surface area contributed by atoms with Crippen LogP contribution >= 0.6 is 0 Å². The molecule has 2 aromatic carbocycles. The molecule has 1 heterocycles. The Hall–Kier alpha value is -3.91. The molecule has 1 amide bonds. The number of aromatic nitrogens is 1. The van der Waals surface area contributed by atoms with Gasteiger partial charge in [-0.2, -0.15) is 17.2 Å². The zero-order valence-corrected chi connectivity index (χ0v) is 18.4. The number of rotatable bonds is 8. The second-order valence-corrected chi connectivity index (χ2v) is 8.40. The molecule has 1 aromatic heterocycles. The maximum Gasteiger partial charge on any atom is 0.300 e. The first-order chi connectivity index (χ1) is 15.9. The lowest BCUT2D eigenvalue weighted by Gasteiger charge is -2.16. The quantitative estimate of drug-likeness (QED) is 0.351. The third kappa shape index (κ3) is 5.18. The van der Waals surface area contributed by atoms with Gasteiger partial charge in [-0.3, -0.25) is 9.52 Å². The number of nitrogens with one attached hydrogen (secondary N) is 3. The predicted molar refractivity (Wildman–Crippen MR) is 115 cm³/mol. The van der Waals surface area contributed by atoms with E-state index in [-0.39, 0.29) is 5.69 Å². The molecule has 0 saturated carbocycles. The Labute approximate surface area is 191 Å². The summed E-state index contributed by atoms with van der Waals surface area (Å²) in [6.45, 7) is 1.61. The summed E-state index contributed by atoms with van der Waals surface area (Å²) >= 11 is 0. The topological polar surface area (TPSA) is 135 Å². The van der Waals surface area contributed by atoms with E-state index in [1.54, 1.807) is 11.6 Å². The third-order valence-electron chi connectivity index (χ3n) is 4.40. The Kier molecular flexibility index (Phi) is 6.93. The van der Waals surface area contributed by atoms with Crippen molar-refractivity contribution in [3.8, 4) is 11.5 Å². The van der Waals surface area contributed by atoms with Gasteiger partial charge in [-0.1, -0.05) is 6.07 Å². The molecule has 0 saturated heterocycles. The van der Waals surface area contributed by atoms with E-state index in [1.165, 1.54) is 12.1 Å². The Balaban J connectivity index is 2.04. The summed E-state index contributed by atoms with van der Waals surface area (Å²) < 4.78 is 90.3. The highest BCUT2D eigenvalue weighted by Gasteiger charge is 2.25. The number of primary amides is 1. The van der Waals surface area contributed by atoms with Crippen LogP contribution in [-0.2, 0) is 10.2 Å². The Bertz CT molecular complexity index is 1390. The number of amides is 1. The summed E-state index contributed by atoms with van der Waals surface area (Å²) in [4.78, 5) is 15.4. The van der Waals surface area contributed by atoms with Crippen LogP contribution in [0.2, 0.25) is 0 Å². The van der Waals surface area contributed by atoms with Gasteiger partial charge in [-0.25, -0.2) is 18.5 Å². The van der Waals surface area contributed by atoms with Gasteiger partial charge in [0.05, 0.1) is 16.9 Å². The molecule has 34 heavy (non-hydrogen) atoms. The van der Waals surface area contributed by atoms with Crippen molar-refractivity contribution in [2.24, 2.45) is 5.73 Å². The molecule has 9 nitrogen and oxygen atoms in total. The van der Waals surface area contributed by atoms with E-state index in [2.05, 4.69) is 10.3 Å². The first-order valence-corrected chi connectivity index (χ1v) is 10.8. The van der Waals surface area contributed by atoms with E-state index in [1.807, 2.05) is 4.72 Å². The molecule has 5 N–H and O–H groups in total. The number of halogens is 4. The molecule has 3 aromatic rings. The largest absolute Gasteiger partial charge is 0.451 e. The monoisotopic (exact) mass is 499 g/mol. The first-order valence-electron chi connectivity index (χ1n) is 9.32. The summed E-state index contributed by atoms with van der Waals surface area (Å²) in [5, 5.41) is 2.29. The molecular weight excluding hydrogens is 482 g/mol. The second-order valence-electron chi connectivity index (χ2n) is 6.78. The number of carbonyl (C=O) groups is 1. The number of hydrogen-bond acceptors (Lipinski definition) is 6. The van der Waals surface area contributed by atoms with Crippen LogP contribution in [0.15, 0.2) is 36.5 Å². The molecule has 3 rings (SSSR count). The van der Waals surface area contributed by atoms with Gasteiger partial charge in [0.2, 0.25) is 11.6 Å². The van der Waals surface area contributed by atoms with Crippen LogP contribution in [0, 0.1) is 30.2 Å². The average molecular weight is 499 g/mol. The highest BCUT2D eigenvalue weighted by molar-refractivity contribution is 7.90. The summed E-state index contributed by atoms with van der Waals surface area (Å²) in [6, 6.07) is 5.46. The van der Waals surface area contributed by atoms with Crippen LogP contribution in [-0.4, -0.2) is 26.4 Å². The standard InChI is InChI=1S/C20H17F4N5O4S/c1-9-3-4-12(11(21)7-9)28-18-10(19(25)30)8-14(15(22)17(18)24)33-13-5-6-27-20(16(13)23)29-34(31,32)26-2/h3-8,26,28H,1-2H3,(H2,25,30)(H,27,29). The van der Waals surface area contributed by atoms with E-state index in [0.29, 0.717) is 11.6 Å². The van der Waals surface area contributed by atoms with E-state index < -0.39 is 68.0 Å². The van der Waals surface area contributed by atoms with Crippen LogP contribution in [0.4, 0.5) is 34.8 Å².